The van der Waals surface area contributed by atoms with E-state index in [2.05, 4.69) is 10.1 Å². The molecule has 4 bridgehead atoms. The largest absolute Gasteiger partial charge is 0.496 e. The van der Waals surface area contributed by atoms with Crippen LogP contribution in [0.5, 0.6) is 5.75 Å². The number of anilines is 1. The van der Waals surface area contributed by atoms with E-state index in [4.69, 9.17) is 19.0 Å². The number of carbonyl (C=O) groups is 2. The molecular formula is C31H35N3O6S. The van der Waals surface area contributed by atoms with Crippen LogP contribution in [-0.2, 0) is 10.2 Å². The van der Waals surface area contributed by atoms with E-state index in [0.717, 1.165) is 90.5 Å². The first kappa shape index (κ1) is 25.6. The number of nitrogens with zero attached hydrogens (tertiary/aromatic N) is 3. The second kappa shape index (κ2) is 9.44. The van der Waals surface area contributed by atoms with E-state index in [1.165, 1.54) is 37.7 Å². The number of piperidine rings is 1. The minimum atomic E-state index is -1.02. The van der Waals surface area contributed by atoms with E-state index < -0.39 is 5.97 Å². The van der Waals surface area contributed by atoms with Gasteiger partial charge >= 0.3 is 11.9 Å². The Balaban J connectivity index is 1.03. The van der Waals surface area contributed by atoms with Gasteiger partial charge in [-0.25, -0.2) is 14.6 Å². The molecule has 3 atom stereocenters. The predicted octanol–water partition coefficient (Wildman–Crippen LogP) is 6.45. The van der Waals surface area contributed by atoms with Crippen LogP contribution in [0.4, 0.5) is 5.13 Å². The van der Waals surface area contributed by atoms with E-state index in [1.54, 1.807) is 12.1 Å². The summed E-state index contributed by atoms with van der Waals surface area (Å²) < 4.78 is 18.4. The van der Waals surface area contributed by atoms with Gasteiger partial charge < -0.3 is 24.0 Å². The second-order valence-corrected chi connectivity index (χ2v) is 13.9. The Bertz CT molecular complexity index is 1510. The van der Waals surface area contributed by atoms with Crippen molar-refractivity contribution in [3.05, 3.63) is 34.7 Å². The quantitative estimate of drug-likeness (QED) is 0.316. The van der Waals surface area contributed by atoms with Gasteiger partial charge in [-0.15, -0.1) is 0 Å². The first-order valence-electron chi connectivity index (χ1n) is 15.1. The number of ether oxygens (including phenoxy) is 2. The van der Waals surface area contributed by atoms with Crippen LogP contribution in [0.15, 0.2) is 16.7 Å². The van der Waals surface area contributed by atoms with Crippen molar-refractivity contribution < 1.29 is 28.7 Å². The molecule has 9 nitrogen and oxygen atoms in total. The highest BCUT2D eigenvalue weighted by Gasteiger charge is 2.49. The number of esters is 1. The first-order chi connectivity index (χ1) is 19.9. The summed E-state index contributed by atoms with van der Waals surface area (Å²) in [6.45, 7) is 0. The van der Waals surface area contributed by atoms with E-state index in [9.17, 15) is 14.7 Å². The molecule has 4 saturated carbocycles. The maximum atomic E-state index is 13.9. The molecule has 2 saturated heterocycles. The number of carboxylic acids is 1. The molecule has 1 unspecified atom stereocenters. The lowest BCUT2D eigenvalue weighted by Crippen LogP contribution is -2.46. The van der Waals surface area contributed by atoms with Crippen LogP contribution in [0.3, 0.4) is 0 Å². The number of methoxy groups -OCH3 is 1. The predicted molar refractivity (Wildman–Crippen MR) is 152 cm³/mol. The maximum Gasteiger partial charge on any atom is 0.344 e. The molecule has 10 heteroatoms. The molecule has 9 rings (SSSR count). The van der Waals surface area contributed by atoms with Crippen LogP contribution >= 0.6 is 11.3 Å². The average Bonchev–Trinajstić information content (AvgIpc) is 3.48. The molecule has 41 heavy (non-hydrogen) atoms. The molecule has 1 aromatic carbocycles. The highest BCUT2D eigenvalue weighted by Crippen LogP contribution is 2.54. The van der Waals surface area contributed by atoms with Crippen molar-refractivity contribution >= 4 is 38.6 Å². The number of hydrogen-bond acceptors (Lipinski definition) is 9. The van der Waals surface area contributed by atoms with Crippen LogP contribution in [0.25, 0.3) is 10.2 Å². The van der Waals surface area contributed by atoms with Gasteiger partial charge in [-0.05, 0) is 76.2 Å². The van der Waals surface area contributed by atoms with Crippen molar-refractivity contribution in [1.82, 2.24) is 10.1 Å². The fourth-order valence-corrected chi connectivity index (χ4v) is 9.36. The van der Waals surface area contributed by atoms with Gasteiger partial charge in [-0.2, -0.15) is 0 Å². The van der Waals surface area contributed by atoms with Gasteiger partial charge in [-0.3, -0.25) is 0 Å². The molecular weight excluding hydrogens is 542 g/mol. The van der Waals surface area contributed by atoms with E-state index in [-0.39, 0.29) is 35.1 Å². The maximum absolute atomic E-state index is 13.9. The van der Waals surface area contributed by atoms with Crippen molar-refractivity contribution in [3.8, 4) is 5.75 Å². The number of carbonyl (C=O) groups excluding carboxylic acids is 1. The fraction of sp³-hybridized carbons (Fsp3) is 0.613. The lowest BCUT2D eigenvalue weighted by atomic mass is 9.59. The van der Waals surface area contributed by atoms with Crippen LogP contribution < -0.4 is 9.64 Å². The van der Waals surface area contributed by atoms with Crippen LogP contribution in [0, 0.1) is 5.92 Å². The summed E-state index contributed by atoms with van der Waals surface area (Å²) in [4.78, 5) is 32.9. The Hall–Kier alpha value is -3.14. The molecule has 216 valence electrons. The number of benzene rings is 1. The summed E-state index contributed by atoms with van der Waals surface area (Å²) in [5.74, 6) is 0.953. The summed E-state index contributed by atoms with van der Waals surface area (Å²) in [6, 6.07) is 3.82. The number of thiazole rings is 1. The van der Waals surface area contributed by atoms with Crippen molar-refractivity contribution in [2.45, 2.75) is 107 Å². The fourth-order valence-electron chi connectivity index (χ4n) is 8.23. The minimum Gasteiger partial charge on any atom is -0.496 e. The zero-order valence-corrected chi connectivity index (χ0v) is 24.1. The van der Waals surface area contributed by atoms with E-state index in [0.29, 0.717) is 17.2 Å². The van der Waals surface area contributed by atoms with Crippen LogP contribution in [-0.4, -0.2) is 52.5 Å². The van der Waals surface area contributed by atoms with E-state index in [1.807, 2.05) is 0 Å². The Morgan fingerprint density at radius 3 is 2.39 bits per heavy atom. The standard InChI is InChI=1S/C31H35N3O6S/c1-38-23-15-22-24(14-21(23)28(35)36)41-30(32-22)34-18-4-5-19(34)13-20(12-18)39-29(37)25-26(17-2-3-17)40-33-27(25)31-9-6-16(7-10-31)8-11-31/h14-20H,2-13H2,1H3,(H,35,36)/t16?,18-,19+,20?,31?. The highest BCUT2D eigenvalue weighted by molar-refractivity contribution is 7.22. The smallest absolute Gasteiger partial charge is 0.344 e. The molecule has 2 aromatic heterocycles. The molecule has 4 aliphatic carbocycles. The van der Waals surface area contributed by atoms with Gasteiger partial charge in [-0.1, -0.05) is 16.5 Å². The second-order valence-electron chi connectivity index (χ2n) is 12.9. The third kappa shape index (κ3) is 4.15. The Labute approximate surface area is 242 Å². The monoisotopic (exact) mass is 577 g/mol. The van der Waals surface area contributed by atoms with Crippen molar-refractivity contribution in [1.29, 1.82) is 0 Å². The molecule has 6 aliphatic rings. The molecule has 0 spiro atoms. The zero-order valence-electron chi connectivity index (χ0n) is 23.3. The zero-order chi connectivity index (χ0) is 27.9. The summed E-state index contributed by atoms with van der Waals surface area (Å²) in [6.07, 6.45) is 12.5. The van der Waals surface area contributed by atoms with Gasteiger partial charge in [0.05, 0.1) is 17.3 Å². The number of aromatic carboxylic acids is 1. The minimum absolute atomic E-state index is 0.0296. The van der Waals surface area contributed by atoms with Crippen molar-refractivity contribution in [3.63, 3.8) is 0 Å². The third-order valence-electron chi connectivity index (χ3n) is 10.6. The summed E-state index contributed by atoms with van der Waals surface area (Å²) >= 11 is 1.52. The molecule has 3 aromatic rings. The van der Waals surface area contributed by atoms with Crippen LogP contribution in [0.2, 0.25) is 0 Å². The topological polar surface area (TPSA) is 115 Å². The number of fused-ring (bicyclic) bond motifs is 6. The van der Waals surface area contributed by atoms with Gasteiger partial charge in [0.15, 0.2) is 10.9 Å². The highest BCUT2D eigenvalue weighted by atomic mass is 32.1. The van der Waals surface area contributed by atoms with Crippen molar-refractivity contribution in [2.24, 2.45) is 5.92 Å². The Morgan fingerprint density at radius 1 is 1.05 bits per heavy atom. The molecule has 0 amide bonds. The lowest BCUT2D eigenvalue weighted by Gasteiger charge is -2.45. The summed E-state index contributed by atoms with van der Waals surface area (Å²) in [5.41, 5.74) is 2.38. The Kier molecular flexibility index (Phi) is 5.89. The number of hydrogen-bond donors (Lipinski definition) is 1. The third-order valence-corrected chi connectivity index (χ3v) is 11.6. The summed E-state index contributed by atoms with van der Waals surface area (Å²) in [5, 5.41) is 15.1. The first-order valence-corrected chi connectivity index (χ1v) is 16.0. The van der Waals surface area contributed by atoms with Gasteiger partial charge in [0.1, 0.15) is 28.7 Å². The average molecular weight is 578 g/mol. The van der Waals surface area contributed by atoms with Crippen LogP contribution in [0.1, 0.15) is 115 Å². The summed E-state index contributed by atoms with van der Waals surface area (Å²) in [7, 11) is 1.47. The van der Waals surface area contributed by atoms with Gasteiger partial charge in [0.2, 0.25) is 0 Å². The van der Waals surface area contributed by atoms with Gasteiger partial charge in [0.25, 0.3) is 0 Å². The molecule has 2 aliphatic heterocycles. The SMILES string of the molecule is COc1cc2nc(N3[C@@H]4CC[C@H]3CC(OC(=O)c3c(C56CCC(CC5)CC6)noc3C3CC3)C4)sc2cc1C(=O)O. The molecule has 0 radical (unpaired) electrons. The number of carboxylic acid groups (broad SMARTS) is 1. The molecule has 6 fully saturated rings. The molecule has 4 heterocycles. The normalized spacial score (nSPS) is 30.6. The number of rotatable bonds is 7. The Morgan fingerprint density at radius 2 is 1.76 bits per heavy atom. The van der Waals surface area contributed by atoms with Gasteiger partial charge in [0, 0.05) is 42.3 Å². The van der Waals surface area contributed by atoms with E-state index >= 15 is 0 Å². The number of aromatic nitrogens is 2. The van der Waals surface area contributed by atoms with Crippen molar-refractivity contribution in [2.75, 3.05) is 12.0 Å². The lowest BCUT2D eigenvalue weighted by molar-refractivity contribution is 0.0195. The molecule has 1 N–H and O–H groups in total.